The molecule has 0 unspecified atom stereocenters. The first kappa shape index (κ1) is 21.8. The molecule has 28 heavy (non-hydrogen) atoms. The van der Waals surface area contributed by atoms with Crippen LogP contribution in [-0.4, -0.2) is 38.1 Å². The summed E-state index contributed by atoms with van der Waals surface area (Å²) in [6.07, 6.45) is 0.779. The average molecular weight is 406 g/mol. The van der Waals surface area contributed by atoms with E-state index >= 15 is 0 Å². The Morgan fingerprint density at radius 3 is 2.46 bits per heavy atom. The van der Waals surface area contributed by atoms with Crippen LogP contribution < -0.4 is 8.92 Å². The molecule has 2 rings (SSSR count). The summed E-state index contributed by atoms with van der Waals surface area (Å²) >= 11 is 0. The van der Waals surface area contributed by atoms with Crippen LogP contribution in [-0.2, 0) is 16.7 Å². The van der Waals surface area contributed by atoms with Gasteiger partial charge in [0.25, 0.3) is 5.91 Å². The lowest BCUT2D eigenvalue weighted by atomic mass is 10.1. The molecule has 1 amide bonds. The van der Waals surface area contributed by atoms with Crippen molar-refractivity contribution in [1.29, 1.82) is 0 Å². The van der Waals surface area contributed by atoms with Crippen LogP contribution in [0.15, 0.2) is 48.5 Å². The number of benzene rings is 2. The molecule has 2 aromatic rings. The molecule has 0 aliphatic rings. The molecule has 0 N–H and O–H groups in total. The molecule has 0 saturated carbocycles. The number of carbonyl (C=O) groups excluding carboxylic acids is 1. The highest BCUT2D eigenvalue weighted by atomic mass is 32.2. The Kier molecular flexibility index (Phi) is 7.45. The number of nitrogens with zero attached hydrogens (tertiary/aromatic N) is 1. The Labute approximate surface area is 167 Å². The van der Waals surface area contributed by atoms with Crippen LogP contribution in [0.2, 0.25) is 0 Å². The number of amides is 1. The van der Waals surface area contributed by atoms with Crippen molar-refractivity contribution in [3.8, 4) is 11.5 Å². The quantitative estimate of drug-likeness (QED) is 0.592. The second-order valence-electron chi connectivity index (χ2n) is 6.47. The topological polar surface area (TPSA) is 72.9 Å². The Balaban J connectivity index is 2.31. The van der Waals surface area contributed by atoms with E-state index in [0.29, 0.717) is 17.9 Å². The van der Waals surface area contributed by atoms with Gasteiger partial charge in [-0.25, -0.2) is 0 Å². The lowest BCUT2D eigenvalue weighted by Crippen LogP contribution is -2.38. The number of hydrogen-bond donors (Lipinski definition) is 0. The summed E-state index contributed by atoms with van der Waals surface area (Å²) in [5.74, 6) is 0.516. The smallest absolute Gasteiger partial charge is 0.308 e. The molecule has 6 nitrogen and oxygen atoms in total. The lowest BCUT2D eigenvalue weighted by Gasteiger charge is -2.29. The highest BCUT2D eigenvalue weighted by Crippen LogP contribution is 2.24. The molecule has 152 valence electrons. The van der Waals surface area contributed by atoms with Gasteiger partial charge >= 0.3 is 10.1 Å². The summed E-state index contributed by atoms with van der Waals surface area (Å²) in [6, 6.07) is 13.9. The van der Waals surface area contributed by atoms with E-state index in [2.05, 4.69) is 0 Å². The van der Waals surface area contributed by atoms with E-state index in [-0.39, 0.29) is 23.5 Å². The van der Waals surface area contributed by atoms with Gasteiger partial charge in [0.2, 0.25) is 0 Å². The summed E-state index contributed by atoms with van der Waals surface area (Å²) in [6.45, 7) is 5.85. The Bertz CT molecular complexity index is 911. The molecule has 0 aliphatic heterocycles. The largest absolute Gasteiger partial charge is 0.496 e. The van der Waals surface area contributed by atoms with Gasteiger partial charge in [-0.15, -0.1) is 0 Å². The predicted octanol–water partition coefficient (Wildman–Crippen LogP) is 3.86. The first-order valence-corrected chi connectivity index (χ1v) is 10.8. The molecule has 0 heterocycles. The number of ether oxygens (including phenoxy) is 1. The van der Waals surface area contributed by atoms with Crippen molar-refractivity contribution < 1.29 is 22.1 Å². The molecule has 7 heteroatoms. The summed E-state index contributed by atoms with van der Waals surface area (Å²) in [7, 11) is -2.07. The minimum Gasteiger partial charge on any atom is -0.496 e. The van der Waals surface area contributed by atoms with Crippen LogP contribution >= 0.6 is 0 Å². The molecular formula is C21H27NO5S. The fourth-order valence-corrected chi connectivity index (χ4v) is 3.24. The van der Waals surface area contributed by atoms with Crippen molar-refractivity contribution in [1.82, 2.24) is 4.90 Å². The van der Waals surface area contributed by atoms with Crippen LogP contribution in [0.3, 0.4) is 0 Å². The number of para-hydroxylation sites is 1. The van der Waals surface area contributed by atoms with Crippen molar-refractivity contribution in [3.63, 3.8) is 0 Å². The molecule has 0 spiro atoms. The molecule has 0 radical (unpaired) electrons. The van der Waals surface area contributed by atoms with E-state index in [4.69, 9.17) is 8.92 Å². The third-order valence-electron chi connectivity index (χ3n) is 4.55. The van der Waals surface area contributed by atoms with Crippen LogP contribution in [0.25, 0.3) is 0 Å². The molecule has 2 aromatic carbocycles. The Morgan fingerprint density at radius 2 is 1.82 bits per heavy atom. The minimum absolute atomic E-state index is 0.0126. The van der Waals surface area contributed by atoms with Gasteiger partial charge in [0.05, 0.1) is 18.4 Å². The highest BCUT2D eigenvalue weighted by molar-refractivity contribution is 7.87. The fraction of sp³-hybridized carbons (Fsp3) is 0.381. The molecule has 0 aromatic heterocycles. The van der Waals surface area contributed by atoms with E-state index in [1.54, 1.807) is 41.3 Å². The average Bonchev–Trinajstić information content (AvgIpc) is 2.70. The first-order chi connectivity index (χ1) is 13.3. The number of methoxy groups -OCH3 is 1. The number of hydrogen-bond acceptors (Lipinski definition) is 5. The van der Waals surface area contributed by atoms with Crippen molar-refractivity contribution in [2.75, 3.05) is 12.9 Å². The SMILES string of the molecule is CC[C@@H](C)N(Cc1cccc(OS(=O)(=O)CC)c1)C(=O)c1ccccc1OC. The maximum absolute atomic E-state index is 13.2. The maximum Gasteiger partial charge on any atom is 0.308 e. The first-order valence-electron chi connectivity index (χ1n) is 9.26. The van der Waals surface area contributed by atoms with Crippen LogP contribution in [0.1, 0.15) is 43.1 Å². The molecular weight excluding hydrogens is 378 g/mol. The molecule has 0 aliphatic carbocycles. The van der Waals surface area contributed by atoms with Gasteiger partial charge in [-0.05, 0) is 50.1 Å². The predicted molar refractivity (Wildman–Crippen MR) is 109 cm³/mol. The third-order valence-corrected chi connectivity index (χ3v) is 5.70. The number of carbonyl (C=O) groups is 1. The van der Waals surface area contributed by atoms with Crippen LogP contribution in [0.4, 0.5) is 0 Å². The lowest BCUT2D eigenvalue weighted by molar-refractivity contribution is 0.0668. The standard InChI is InChI=1S/C21H27NO5S/c1-5-16(3)22(21(23)19-12-7-8-13-20(19)26-4)15-17-10-9-11-18(14-17)27-28(24,25)6-2/h7-14,16H,5-6,15H2,1-4H3/t16-/m1/s1. The zero-order valence-electron chi connectivity index (χ0n) is 16.7. The van der Waals surface area contributed by atoms with Gasteiger partial charge in [-0.2, -0.15) is 8.42 Å². The van der Waals surface area contributed by atoms with Gasteiger partial charge in [-0.3, -0.25) is 4.79 Å². The molecule has 0 bridgehead atoms. The number of rotatable bonds is 9. The van der Waals surface area contributed by atoms with E-state index in [1.807, 2.05) is 26.0 Å². The summed E-state index contributed by atoms with van der Waals surface area (Å²) in [5.41, 5.74) is 1.28. The third kappa shape index (κ3) is 5.48. The van der Waals surface area contributed by atoms with E-state index in [9.17, 15) is 13.2 Å². The second kappa shape index (κ2) is 9.59. The van der Waals surface area contributed by atoms with Crippen molar-refractivity contribution in [2.45, 2.75) is 39.8 Å². The monoisotopic (exact) mass is 405 g/mol. The van der Waals surface area contributed by atoms with Gasteiger partial charge in [0.15, 0.2) is 0 Å². The van der Waals surface area contributed by atoms with Crippen LogP contribution in [0, 0.1) is 0 Å². The van der Waals surface area contributed by atoms with Crippen molar-refractivity contribution >= 4 is 16.0 Å². The van der Waals surface area contributed by atoms with Crippen molar-refractivity contribution in [3.05, 3.63) is 59.7 Å². The summed E-state index contributed by atoms with van der Waals surface area (Å²) in [5, 5.41) is 0. The second-order valence-corrected chi connectivity index (χ2v) is 8.33. The van der Waals surface area contributed by atoms with Gasteiger partial charge in [-0.1, -0.05) is 31.2 Å². The highest BCUT2D eigenvalue weighted by Gasteiger charge is 2.23. The summed E-state index contributed by atoms with van der Waals surface area (Å²) < 4.78 is 33.9. The zero-order valence-corrected chi connectivity index (χ0v) is 17.5. The zero-order chi connectivity index (χ0) is 20.7. The normalized spacial score (nSPS) is 12.3. The van der Waals surface area contributed by atoms with Gasteiger partial charge in [0, 0.05) is 12.6 Å². The van der Waals surface area contributed by atoms with E-state index in [1.165, 1.54) is 14.0 Å². The Hall–Kier alpha value is -2.54. The van der Waals surface area contributed by atoms with E-state index < -0.39 is 10.1 Å². The molecule has 0 fully saturated rings. The molecule has 1 atom stereocenters. The summed E-state index contributed by atoms with van der Waals surface area (Å²) in [4.78, 5) is 15.0. The fourth-order valence-electron chi connectivity index (χ4n) is 2.72. The van der Waals surface area contributed by atoms with E-state index in [0.717, 1.165) is 12.0 Å². The minimum atomic E-state index is -3.60. The molecule has 0 saturated heterocycles. The maximum atomic E-state index is 13.2. The Morgan fingerprint density at radius 1 is 1.11 bits per heavy atom. The van der Waals surface area contributed by atoms with Gasteiger partial charge in [0.1, 0.15) is 11.5 Å². The van der Waals surface area contributed by atoms with Gasteiger partial charge < -0.3 is 13.8 Å². The van der Waals surface area contributed by atoms with Crippen LogP contribution in [0.5, 0.6) is 11.5 Å². The van der Waals surface area contributed by atoms with Crippen molar-refractivity contribution in [2.24, 2.45) is 0 Å².